The van der Waals surface area contributed by atoms with Crippen molar-refractivity contribution in [3.63, 3.8) is 0 Å². The molecule has 0 aromatic carbocycles. The zero-order chi connectivity index (χ0) is 13.6. The van der Waals surface area contributed by atoms with Gasteiger partial charge in [-0.2, -0.15) is 11.8 Å². The molecule has 0 bridgehead atoms. The van der Waals surface area contributed by atoms with E-state index in [0.29, 0.717) is 0 Å². The number of hydrogen-bond acceptors (Lipinski definition) is 6. The van der Waals surface area contributed by atoms with E-state index in [4.69, 9.17) is 14.5 Å². The van der Waals surface area contributed by atoms with Gasteiger partial charge in [0.1, 0.15) is 11.1 Å². The fraction of sp³-hybridized carbons (Fsp3) is 0.786. The highest BCUT2D eigenvalue weighted by Gasteiger charge is 2.20. The van der Waals surface area contributed by atoms with Crippen molar-refractivity contribution in [3.8, 4) is 0 Å². The molecule has 3 heterocycles. The molecular weight excluding hydrogens is 292 g/mol. The summed E-state index contributed by atoms with van der Waals surface area (Å²) in [6, 6.07) is 0. The van der Waals surface area contributed by atoms with Gasteiger partial charge in [0.25, 0.3) is 0 Å². The van der Waals surface area contributed by atoms with Gasteiger partial charge in [0.2, 0.25) is 0 Å². The second-order valence-electron chi connectivity index (χ2n) is 5.19. The smallest absolute Gasteiger partial charge is 0.122 e. The van der Waals surface area contributed by atoms with Crippen LogP contribution in [0, 0.1) is 0 Å². The first-order valence-corrected chi connectivity index (χ1v) is 9.39. The van der Waals surface area contributed by atoms with E-state index in [-0.39, 0.29) is 6.10 Å². The molecule has 0 spiro atoms. The summed E-state index contributed by atoms with van der Waals surface area (Å²) in [6.45, 7) is 6.01. The van der Waals surface area contributed by atoms with E-state index in [1.54, 1.807) is 11.3 Å². The lowest BCUT2D eigenvalue weighted by atomic mass is 10.2. The van der Waals surface area contributed by atoms with Crippen LogP contribution in [0.5, 0.6) is 0 Å². The van der Waals surface area contributed by atoms with E-state index < -0.39 is 0 Å². The highest BCUT2D eigenvalue weighted by molar-refractivity contribution is 7.98. The SMILES string of the molecule is c1sc([C@H]2CCCO2)nc1CSCCN1CCOCC1. The highest BCUT2D eigenvalue weighted by Crippen LogP contribution is 2.31. The monoisotopic (exact) mass is 314 g/mol. The molecule has 6 heteroatoms. The third-order valence-electron chi connectivity index (χ3n) is 3.68. The molecular formula is C14H22N2O2S2. The van der Waals surface area contributed by atoms with Crippen molar-refractivity contribution < 1.29 is 9.47 Å². The van der Waals surface area contributed by atoms with Crippen LogP contribution in [0.2, 0.25) is 0 Å². The molecule has 20 heavy (non-hydrogen) atoms. The predicted molar refractivity (Wildman–Crippen MR) is 83.5 cm³/mol. The Labute approximate surface area is 128 Å². The van der Waals surface area contributed by atoms with Crippen LogP contribution in [-0.4, -0.2) is 55.1 Å². The van der Waals surface area contributed by atoms with Crippen molar-refractivity contribution in [1.82, 2.24) is 9.88 Å². The molecule has 2 saturated heterocycles. The Morgan fingerprint density at radius 2 is 2.25 bits per heavy atom. The van der Waals surface area contributed by atoms with Crippen molar-refractivity contribution in [3.05, 3.63) is 16.1 Å². The molecule has 112 valence electrons. The number of morpholine rings is 1. The molecule has 4 nitrogen and oxygen atoms in total. The van der Waals surface area contributed by atoms with Gasteiger partial charge in [-0.3, -0.25) is 4.90 Å². The number of thiazole rings is 1. The van der Waals surface area contributed by atoms with E-state index in [2.05, 4.69) is 10.3 Å². The summed E-state index contributed by atoms with van der Waals surface area (Å²) in [5, 5.41) is 3.37. The van der Waals surface area contributed by atoms with Gasteiger partial charge in [0.15, 0.2) is 0 Å². The molecule has 0 aliphatic carbocycles. The number of hydrogen-bond donors (Lipinski definition) is 0. The summed E-state index contributed by atoms with van der Waals surface area (Å²) < 4.78 is 11.0. The first-order chi connectivity index (χ1) is 9.92. The molecule has 0 N–H and O–H groups in total. The molecule has 1 atom stereocenters. The number of thioether (sulfide) groups is 1. The Morgan fingerprint density at radius 3 is 3.05 bits per heavy atom. The number of aromatic nitrogens is 1. The summed E-state index contributed by atoms with van der Waals surface area (Å²) >= 11 is 3.73. The van der Waals surface area contributed by atoms with E-state index in [1.807, 2.05) is 11.8 Å². The zero-order valence-corrected chi connectivity index (χ0v) is 13.4. The van der Waals surface area contributed by atoms with Gasteiger partial charge in [0, 0.05) is 43.1 Å². The van der Waals surface area contributed by atoms with Gasteiger partial charge in [-0.05, 0) is 12.8 Å². The highest BCUT2D eigenvalue weighted by atomic mass is 32.2. The topological polar surface area (TPSA) is 34.6 Å². The van der Waals surface area contributed by atoms with Crippen LogP contribution in [-0.2, 0) is 15.2 Å². The van der Waals surface area contributed by atoms with Crippen molar-refractivity contribution >= 4 is 23.1 Å². The molecule has 0 unspecified atom stereocenters. The zero-order valence-electron chi connectivity index (χ0n) is 11.8. The Hall–Kier alpha value is -0.140. The summed E-state index contributed by atoms with van der Waals surface area (Å²) in [4.78, 5) is 7.20. The molecule has 2 aliphatic heterocycles. The first-order valence-electron chi connectivity index (χ1n) is 7.35. The Bertz CT molecular complexity index is 402. The van der Waals surface area contributed by atoms with Crippen LogP contribution in [0.4, 0.5) is 0 Å². The summed E-state index contributed by atoms with van der Waals surface area (Å²) in [5.41, 5.74) is 1.22. The van der Waals surface area contributed by atoms with Crippen molar-refractivity contribution in [2.24, 2.45) is 0 Å². The molecule has 1 aromatic heterocycles. The Kier molecular flexibility index (Phi) is 5.73. The average molecular weight is 314 g/mol. The lowest BCUT2D eigenvalue weighted by molar-refractivity contribution is 0.0410. The molecule has 0 radical (unpaired) electrons. The van der Waals surface area contributed by atoms with E-state index in [0.717, 1.165) is 51.6 Å². The van der Waals surface area contributed by atoms with Gasteiger partial charge in [-0.25, -0.2) is 4.98 Å². The van der Waals surface area contributed by atoms with Crippen molar-refractivity contribution in [1.29, 1.82) is 0 Å². The Balaban J connectivity index is 1.35. The maximum absolute atomic E-state index is 5.68. The Morgan fingerprint density at radius 1 is 1.35 bits per heavy atom. The van der Waals surface area contributed by atoms with Crippen LogP contribution in [0.1, 0.15) is 29.6 Å². The fourth-order valence-electron chi connectivity index (χ4n) is 2.50. The van der Waals surface area contributed by atoms with Crippen molar-refractivity contribution in [2.75, 3.05) is 45.2 Å². The van der Waals surface area contributed by atoms with Gasteiger partial charge in [-0.1, -0.05) is 0 Å². The van der Waals surface area contributed by atoms with Crippen LogP contribution in [0.3, 0.4) is 0 Å². The number of rotatable bonds is 6. The first kappa shape index (κ1) is 14.8. The normalized spacial score (nSPS) is 24.3. The third-order valence-corrected chi connectivity index (χ3v) is 5.64. The minimum Gasteiger partial charge on any atom is -0.379 e. The van der Waals surface area contributed by atoms with Crippen LogP contribution >= 0.6 is 23.1 Å². The van der Waals surface area contributed by atoms with Gasteiger partial charge in [0.05, 0.1) is 18.9 Å². The summed E-state index contributed by atoms with van der Waals surface area (Å²) in [5.74, 6) is 2.19. The lowest BCUT2D eigenvalue weighted by Gasteiger charge is -2.26. The van der Waals surface area contributed by atoms with Crippen molar-refractivity contribution in [2.45, 2.75) is 24.7 Å². The predicted octanol–water partition coefficient (Wildman–Crippen LogP) is 2.56. The summed E-state index contributed by atoms with van der Waals surface area (Å²) in [6.07, 6.45) is 2.58. The van der Waals surface area contributed by atoms with E-state index in [1.165, 1.54) is 22.9 Å². The molecule has 3 rings (SSSR count). The van der Waals surface area contributed by atoms with E-state index >= 15 is 0 Å². The van der Waals surface area contributed by atoms with Crippen LogP contribution < -0.4 is 0 Å². The molecule has 1 aromatic rings. The van der Waals surface area contributed by atoms with E-state index in [9.17, 15) is 0 Å². The second-order valence-corrected chi connectivity index (χ2v) is 7.18. The number of nitrogens with zero attached hydrogens (tertiary/aromatic N) is 2. The van der Waals surface area contributed by atoms with Gasteiger partial charge < -0.3 is 9.47 Å². The van der Waals surface area contributed by atoms with Gasteiger partial charge in [-0.15, -0.1) is 11.3 Å². The minimum atomic E-state index is 0.270. The second kappa shape index (κ2) is 7.75. The standard InChI is InChI=1S/C14H22N2O2S2/c1-2-13(18-6-1)14-15-12(11-20-14)10-19-9-5-16-3-7-17-8-4-16/h11,13H,1-10H2/t13-/m1/s1. The number of ether oxygens (including phenoxy) is 2. The third kappa shape index (κ3) is 4.18. The fourth-order valence-corrected chi connectivity index (χ4v) is 4.40. The maximum atomic E-state index is 5.68. The quantitative estimate of drug-likeness (QED) is 0.754. The lowest BCUT2D eigenvalue weighted by Crippen LogP contribution is -2.37. The van der Waals surface area contributed by atoms with Crippen LogP contribution in [0.15, 0.2) is 5.38 Å². The summed E-state index contributed by atoms with van der Waals surface area (Å²) in [7, 11) is 0. The molecule has 0 saturated carbocycles. The van der Waals surface area contributed by atoms with Crippen LogP contribution in [0.25, 0.3) is 0 Å². The average Bonchev–Trinajstić information content (AvgIpc) is 3.15. The molecule has 0 amide bonds. The van der Waals surface area contributed by atoms with Gasteiger partial charge >= 0.3 is 0 Å². The minimum absolute atomic E-state index is 0.270. The maximum Gasteiger partial charge on any atom is 0.122 e. The molecule has 2 fully saturated rings. The largest absolute Gasteiger partial charge is 0.379 e. The molecule has 2 aliphatic rings.